The van der Waals surface area contributed by atoms with Crippen LogP contribution in [0.15, 0.2) is 18.2 Å². The first-order chi connectivity index (χ1) is 6.65. The molecule has 1 aromatic rings. The van der Waals surface area contributed by atoms with Crippen molar-refractivity contribution < 1.29 is 9.53 Å². The van der Waals surface area contributed by atoms with Crippen LogP contribution in [0.4, 0.5) is 0 Å². The third-order valence-corrected chi connectivity index (χ3v) is 1.85. The fourth-order valence-corrected chi connectivity index (χ4v) is 1.14. The quantitative estimate of drug-likeness (QED) is 0.704. The lowest BCUT2D eigenvalue weighted by atomic mass is 10.1. The largest absolute Gasteiger partial charge is 0.495 e. The average molecular weight is 215 g/mol. The molecular formula is C11H15ClO2. The van der Waals surface area contributed by atoms with Crippen molar-refractivity contribution in [1.82, 2.24) is 0 Å². The molecular weight excluding hydrogens is 200 g/mol. The molecule has 0 saturated carbocycles. The maximum Gasteiger partial charge on any atom is 0.159 e. The van der Waals surface area contributed by atoms with E-state index in [0.717, 1.165) is 0 Å². The number of rotatable bonds is 2. The fourth-order valence-electron chi connectivity index (χ4n) is 0.885. The van der Waals surface area contributed by atoms with Crippen molar-refractivity contribution in [3.05, 3.63) is 28.8 Å². The van der Waals surface area contributed by atoms with Crippen LogP contribution in [-0.4, -0.2) is 12.9 Å². The first-order valence-electron chi connectivity index (χ1n) is 4.49. The van der Waals surface area contributed by atoms with Crippen molar-refractivity contribution >= 4 is 17.4 Å². The number of hydrogen-bond donors (Lipinski definition) is 0. The number of hydrogen-bond acceptors (Lipinski definition) is 2. The van der Waals surface area contributed by atoms with Crippen LogP contribution in [0.5, 0.6) is 5.75 Å². The predicted octanol–water partition coefficient (Wildman–Crippen LogP) is 3.58. The summed E-state index contributed by atoms with van der Waals surface area (Å²) in [4.78, 5) is 10.9. The topological polar surface area (TPSA) is 26.3 Å². The summed E-state index contributed by atoms with van der Waals surface area (Å²) in [5.74, 6) is 0.584. The highest BCUT2D eigenvalue weighted by Crippen LogP contribution is 2.24. The second kappa shape index (κ2) is 6.44. The van der Waals surface area contributed by atoms with Crippen LogP contribution in [0.1, 0.15) is 31.1 Å². The normalized spacial score (nSPS) is 8.64. The summed E-state index contributed by atoms with van der Waals surface area (Å²) in [6.45, 7) is 5.50. The second-order valence-electron chi connectivity index (χ2n) is 2.41. The summed E-state index contributed by atoms with van der Waals surface area (Å²) in [6, 6.07) is 4.97. The number of carbonyl (C=O) groups excluding carboxylic acids is 1. The molecule has 0 aliphatic carbocycles. The van der Waals surface area contributed by atoms with Gasteiger partial charge in [0.05, 0.1) is 12.1 Å². The molecule has 0 heterocycles. The van der Waals surface area contributed by atoms with Gasteiger partial charge in [0, 0.05) is 5.56 Å². The molecule has 0 aliphatic heterocycles. The highest BCUT2D eigenvalue weighted by molar-refractivity contribution is 6.32. The van der Waals surface area contributed by atoms with Crippen LogP contribution >= 0.6 is 11.6 Å². The molecule has 0 N–H and O–H groups in total. The molecule has 78 valence electrons. The minimum atomic E-state index is -0.000414. The van der Waals surface area contributed by atoms with E-state index in [1.54, 1.807) is 18.2 Å². The van der Waals surface area contributed by atoms with Gasteiger partial charge in [0.2, 0.25) is 0 Å². The van der Waals surface area contributed by atoms with Crippen molar-refractivity contribution in [3.63, 3.8) is 0 Å². The molecule has 1 aromatic carbocycles. The third-order valence-electron chi connectivity index (χ3n) is 1.56. The SMILES string of the molecule is CC.COc1ccc(C(C)=O)cc1Cl. The van der Waals surface area contributed by atoms with Gasteiger partial charge in [-0.2, -0.15) is 0 Å². The molecule has 0 spiro atoms. The zero-order valence-corrected chi connectivity index (χ0v) is 9.68. The molecule has 2 nitrogen and oxygen atoms in total. The lowest BCUT2D eigenvalue weighted by Crippen LogP contribution is -1.92. The maximum atomic E-state index is 10.9. The van der Waals surface area contributed by atoms with Crippen molar-refractivity contribution in [2.75, 3.05) is 7.11 Å². The second-order valence-corrected chi connectivity index (χ2v) is 2.81. The van der Waals surface area contributed by atoms with E-state index < -0.39 is 0 Å². The first-order valence-corrected chi connectivity index (χ1v) is 4.87. The zero-order chi connectivity index (χ0) is 11.1. The monoisotopic (exact) mass is 214 g/mol. The van der Waals surface area contributed by atoms with E-state index in [0.29, 0.717) is 16.3 Å². The molecule has 0 fully saturated rings. The fraction of sp³-hybridized carbons (Fsp3) is 0.364. The maximum absolute atomic E-state index is 10.9. The van der Waals surface area contributed by atoms with E-state index in [1.807, 2.05) is 13.8 Å². The van der Waals surface area contributed by atoms with Gasteiger partial charge < -0.3 is 4.74 Å². The van der Waals surface area contributed by atoms with Crippen LogP contribution in [0.3, 0.4) is 0 Å². The Hall–Kier alpha value is -1.02. The van der Waals surface area contributed by atoms with Gasteiger partial charge >= 0.3 is 0 Å². The summed E-state index contributed by atoms with van der Waals surface area (Å²) < 4.78 is 4.94. The van der Waals surface area contributed by atoms with Crippen LogP contribution < -0.4 is 4.74 Å². The number of ether oxygens (including phenoxy) is 1. The Balaban J connectivity index is 0.000000791. The average Bonchev–Trinajstić information content (AvgIpc) is 2.20. The third kappa shape index (κ3) is 3.38. The van der Waals surface area contributed by atoms with Gasteiger partial charge in [-0.3, -0.25) is 4.79 Å². The van der Waals surface area contributed by atoms with E-state index in [2.05, 4.69) is 0 Å². The Labute approximate surface area is 89.8 Å². The highest BCUT2D eigenvalue weighted by atomic mass is 35.5. The van der Waals surface area contributed by atoms with Crippen LogP contribution in [0, 0.1) is 0 Å². The van der Waals surface area contributed by atoms with Crippen molar-refractivity contribution in [1.29, 1.82) is 0 Å². The Kier molecular flexibility index (Phi) is 5.97. The number of methoxy groups -OCH3 is 1. The molecule has 0 radical (unpaired) electrons. The zero-order valence-electron chi connectivity index (χ0n) is 8.93. The van der Waals surface area contributed by atoms with Gasteiger partial charge in [0.25, 0.3) is 0 Å². The standard InChI is InChI=1S/C9H9ClO2.C2H6/c1-6(11)7-3-4-9(12-2)8(10)5-7;1-2/h3-5H,1-2H3;1-2H3. The highest BCUT2D eigenvalue weighted by Gasteiger charge is 2.03. The molecule has 3 heteroatoms. The van der Waals surface area contributed by atoms with E-state index in [9.17, 15) is 4.79 Å². The summed E-state index contributed by atoms with van der Waals surface area (Å²) in [5, 5.41) is 0.463. The molecule has 0 aromatic heterocycles. The van der Waals surface area contributed by atoms with Crippen molar-refractivity contribution in [2.45, 2.75) is 20.8 Å². The number of ketones is 1. The number of halogens is 1. The van der Waals surface area contributed by atoms with Crippen LogP contribution in [-0.2, 0) is 0 Å². The van der Waals surface area contributed by atoms with Gasteiger partial charge in [-0.1, -0.05) is 25.4 Å². The smallest absolute Gasteiger partial charge is 0.159 e. The van der Waals surface area contributed by atoms with Gasteiger partial charge in [-0.25, -0.2) is 0 Å². The van der Waals surface area contributed by atoms with E-state index in [4.69, 9.17) is 16.3 Å². The summed E-state index contributed by atoms with van der Waals surface area (Å²) >= 11 is 5.80. The first kappa shape index (κ1) is 13.0. The summed E-state index contributed by atoms with van der Waals surface area (Å²) in [7, 11) is 1.54. The predicted molar refractivity (Wildman–Crippen MR) is 59.4 cm³/mol. The van der Waals surface area contributed by atoms with Gasteiger partial charge in [-0.05, 0) is 25.1 Å². The van der Waals surface area contributed by atoms with Crippen LogP contribution in [0.2, 0.25) is 5.02 Å². The number of Topliss-reactive ketones (excluding diaryl/α,β-unsaturated/α-hetero) is 1. The van der Waals surface area contributed by atoms with Gasteiger partial charge in [-0.15, -0.1) is 0 Å². The molecule has 0 unspecified atom stereocenters. The number of benzene rings is 1. The van der Waals surface area contributed by atoms with Crippen LogP contribution in [0.25, 0.3) is 0 Å². The molecule has 0 saturated heterocycles. The Morgan fingerprint density at radius 2 is 1.93 bits per heavy atom. The molecule has 0 amide bonds. The lowest BCUT2D eigenvalue weighted by molar-refractivity contribution is 0.101. The summed E-state index contributed by atoms with van der Waals surface area (Å²) in [6.07, 6.45) is 0. The molecule has 1 rings (SSSR count). The molecule has 0 aliphatic rings. The van der Waals surface area contributed by atoms with Crippen molar-refractivity contribution in [3.8, 4) is 5.75 Å². The summed E-state index contributed by atoms with van der Waals surface area (Å²) in [5.41, 5.74) is 0.598. The molecule has 0 bridgehead atoms. The van der Waals surface area contributed by atoms with E-state index in [1.165, 1.54) is 14.0 Å². The minimum Gasteiger partial charge on any atom is -0.495 e. The minimum absolute atomic E-state index is 0.000414. The Bertz CT molecular complexity index is 308. The number of carbonyl (C=O) groups is 1. The van der Waals surface area contributed by atoms with Crippen molar-refractivity contribution in [2.24, 2.45) is 0 Å². The molecule has 14 heavy (non-hydrogen) atoms. The van der Waals surface area contributed by atoms with E-state index >= 15 is 0 Å². The van der Waals surface area contributed by atoms with E-state index in [-0.39, 0.29) is 5.78 Å². The molecule has 0 atom stereocenters. The Morgan fingerprint density at radius 1 is 1.36 bits per heavy atom. The van der Waals surface area contributed by atoms with Gasteiger partial charge in [0.1, 0.15) is 5.75 Å². The Morgan fingerprint density at radius 3 is 2.29 bits per heavy atom. The lowest BCUT2D eigenvalue weighted by Gasteiger charge is -2.02. The van der Waals surface area contributed by atoms with Gasteiger partial charge in [0.15, 0.2) is 5.78 Å².